The number of ketones is 1. The van der Waals surface area contributed by atoms with Gasteiger partial charge in [0.2, 0.25) is 0 Å². The lowest BCUT2D eigenvalue weighted by Gasteiger charge is -2.17. The maximum Gasteiger partial charge on any atom is 0.192 e. The Balaban J connectivity index is 1.68. The Morgan fingerprint density at radius 2 is 1.75 bits per heavy atom. The summed E-state index contributed by atoms with van der Waals surface area (Å²) < 4.78 is 0. The van der Waals surface area contributed by atoms with Gasteiger partial charge in [-0.05, 0) is 17.0 Å². The monoisotopic (exact) mass is 329 g/mol. The Hall–Kier alpha value is -2.52. The van der Waals surface area contributed by atoms with Crippen molar-refractivity contribution in [1.29, 1.82) is 0 Å². The summed E-state index contributed by atoms with van der Waals surface area (Å²) in [7, 11) is 2.07. The molecule has 0 spiro atoms. The number of nitrogens with zero attached hydrogens (tertiary/aromatic N) is 1. The minimum atomic E-state index is 0.178. The fourth-order valence-corrected chi connectivity index (χ4v) is 4.91. The molecule has 5 rings (SSSR count). The molecule has 0 radical (unpaired) electrons. The second-order valence-corrected chi connectivity index (χ2v) is 7.27. The van der Waals surface area contributed by atoms with Crippen molar-refractivity contribution in [3.8, 4) is 0 Å². The summed E-state index contributed by atoms with van der Waals surface area (Å²) in [5, 5.41) is 3.54. The molecule has 2 aliphatic rings. The molecule has 0 N–H and O–H groups in total. The van der Waals surface area contributed by atoms with Gasteiger partial charge >= 0.3 is 0 Å². The number of anilines is 1. The summed E-state index contributed by atoms with van der Waals surface area (Å²) in [4.78, 5) is 16.3. The van der Waals surface area contributed by atoms with Gasteiger partial charge in [-0.1, -0.05) is 66.4 Å². The molecule has 0 aromatic heterocycles. The minimum Gasteiger partial charge on any atom is -0.337 e. The lowest BCUT2D eigenvalue weighted by atomic mass is 10.1. The zero-order valence-corrected chi connectivity index (χ0v) is 14.1. The van der Waals surface area contributed by atoms with Crippen LogP contribution in [0.5, 0.6) is 0 Å². The molecule has 3 aromatic carbocycles. The Morgan fingerprint density at radius 3 is 2.62 bits per heavy atom. The number of hydrogen-bond donors (Lipinski definition) is 0. The number of fused-ring (bicyclic) bond motifs is 4. The van der Waals surface area contributed by atoms with E-state index >= 15 is 0 Å². The minimum absolute atomic E-state index is 0.178. The van der Waals surface area contributed by atoms with E-state index in [1.54, 1.807) is 11.8 Å². The van der Waals surface area contributed by atoms with Crippen LogP contribution in [0.1, 0.15) is 15.9 Å². The molecule has 0 saturated carbocycles. The lowest BCUT2D eigenvalue weighted by Crippen LogP contribution is -2.14. The Kier molecular flexibility index (Phi) is 2.88. The maximum atomic E-state index is 12.8. The van der Waals surface area contributed by atoms with Gasteiger partial charge in [-0.2, -0.15) is 0 Å². The van der Waals surface area contributed by atoms with Gasteiger partial charge in [-0.15, -0.1) is 0 Å². The van der Waals surface area contributed by atoms with Gasteiger partial charge in [0.15, 0.2) is 5.78 Å². The number of hydrogen-bond acceptors (Lipinski definition) is 3. The van der Waals surface area contributed by atoms with Crippen molar-refractivity contribution in [2.45, 2.75) is 11.3 Å². The van der Waals surface area contributed by atoms with E-state index in [1.165, 1.54) is 21.4 Å². The van der Waals surface area contributed by atoms with Gasteiger partial charge in [-0.25, -0.2) is 0 Å². The van der Waals surface area contributed by atoms with E-state index in [2.05, 4.69) is 54.4 Å². The second-order valence-electron chi connectivity index (χ2n) is 6.24. The van der Waals surface area contributed by atoms with Crippen molar-refractivity contribution in [3.05, 3.63) is 82.4 Å². The van der Waals surface area contributed by atoms with Crippen molar-refractivity contribution in [2.75, 3.05) is 11.9 Å². The molecule has 1 aliphatic carbocycles. The van der Waals surface area contributed by atoms with E-state index in [4.69, 9.17) is 0 Å². The maximum absolute atomic E-state index is 12.8. The van der Waals surface area contributed by atoms with Crippen molar-refractivity contribution >= 4 is 34.0 Å². The van der Waals surface area contributed by atoms with Gasteiger partial charge < -0.3 is 4.90 Å². The second kappa shape index (κ2) is 4.99. The lowest BCUT2D eigenvalue weighted by molar-refractivity contribution is 0.103. The number of thioether (sulfide) groups is 1. The summed E-state index contributed by atoms with van der Waals surface area (Å²) in [5.74, 6) is 0.178. The summed E-state index contributed by atoms with van der Waals surface area (Å²) >= 11 is 1.72. The zero-order valence-electron chi connectivity index (χ0n) is 13.2. The normalized spacial score (nSPS) is 19.0. The molecule has 116 valence electrons. The van der Waals surface area contributed by atoms with Gasteiger partial charge in [0.05, 0.1) is 10.7 Å². The molecule has 0 bridgehead atoms. The quantitative estimate of drug-likeness (QED) is 0.539. The largest absolute Gasteiger partial charge is 0.337 e. The van der Waals surface area contributed by atoms with Crippen LogP contribution in [0.4, 0.5) is 5.69 Å². The van der Waals surface area contributed by atoms with E-state index in [1.807, 2.05) is 18.2 Å². The van der Waals surface area contributed by atoms with Crippen molar-refractivity contribution < 1.29 is 4.79 Å². The van der Waals surface area contributed by atoms with E-state index in [0.29, 0.717) is 0 Å². The number of allylic oxidation sites excluding steroid dienone is 1. The van der Waals surface area contributed by atoms with Crippen LogP contribution < -0.4 is 4.90 Å². The first-order valence-electron chi connectivity index (χ1n) is 8.03. The topological polar surface area (TPSA) is 20.3 Å². The third-order valence-corrected chi connectivity index (χ3v) is 6.13. The number of benzene rings is 3. The highest BCUT2D eigenvalue weighted by molar-refractivity contribution is 8.03. The number of rotatable bonds is 0. The zero-order chi connectivity index (χ0) is 16.3. The molecule has 24 heavy (non-hydrogen) atoms. The van der Waals surface area contributed by atoms with Crippen LogP contribution in [0.2, 0.25) is 0 Å². The SMILES string of the molecule is CN1C(=C2Cc3ccccc3C2=O)Sc2ccc3ccccc3c21. The van der Waals surface area contributed by atoms with Crippen LogP contribution in [0.15, 0.2) is 76.2 Å². The molecule has 0 atom stereocenters. The van der Waals surface area contributed by atoms with Crippen LogP contribution >= 0.6 is 11.8 Å². The first-order valence-corrected chi connectivity index (χ1v) is 8.85. The fourth-order valence-electron chi connectivity index (χ4n) is 3.70. The van der Waals surface area contributed by atoms with Crippen molar-refractivity contribution in [3.63, 3.8) is 0 Å². The van der Waals surface area contributed by atoms with Gasteiger partial charge in [0.1, 0.15) is 0 Å². The molecule has 3 heteroatoms. The van der Waals surface area contributed by atoms with E-state index in [0.717, 1.165) is 28.1 Å². The third-order valence-electron chi connectivity index (χ3n) is 4.87. The predicted octanol–water partition coefficient (Wildman–Crippen LogP) is 5.03. The molecular weight excluding hydrogens is 314 g/mol. The van der Waals surface area contributed by atoms with E-state index < -0.39 is 0 Å². The highest BCUT2D eigenvalue weighted by Gasteiger charge is 2.33. The molecule has 1 aliphatic heterocycles. The highest BCUT2D eigenvalue weighted by Crippen LogP contribution is 2.50. The van der Waals surface area contributed by atoms with Crippen LogP contribution in [-0.4, -0.2) is 12.8 Å². The van der Waals surface area contributed by atoms with Crippen molar-refractivity contribution in [2.24, 2.45) is 0 Å². The fraction of sp³-hybridized carbons (Fsp3) is 0.0952. The number of Topliss-reactive ketones (excluding diaryl/α,β-unsaturated/α-hetero) is 1. The van der Waals surface area contributed by atoms with E-state index in [9.17, 15) is 4.79 Å². The molecule has 3 aromatic rings. The molecule has 0 fully saturated rings. The van der Waals surface area contributed by atoms with Gasteiger partial charge in [0, 0.05) is 34.9 Å². The third kappa shape index (κ3) is 1.82. The van der Waals surface area contributed by atoms with Gasteiger partial charge in [-0.3, -0.25) is 4.79 Å². The van der Waals surface area contributed by atoms with Crippen LogP contribution in [0.25, 0.3) is 10.8 Å². The average molecular weight is 329 g/mol. The Morgan fingerprint density at radius 1 is 0.958 bits per heavy atom. The summed E-state index contributed by atoms with van der Waals surface area (Å²) in [6.45, 7) is 0. The standard InChI is InChI=1S/C21H15NOS/c1-22-19-15-8-4-2-6-13(15)10-11-18(19)24-21(22)17-12-14-7-3-5-9-16(14)20(17)23/h2-11H,12H2,1H3. The summed E-state index contributed by atoms with van der Waals surface area (Å²) in [5.41, 5.74) is 4.13. The van der Waals surface area contributed by atoms with E-state index in [-0.39, 0.29) is 5.78 Å². The van der Waals surface area contributed by atoms with Crippen LogP contribution in [0, 0.1) is 0 Å². The predicted molar refractivity (Wildman–Crippen MR) is 99.7 cm³/mol. The molecule has 0 unspecified atom stereocenters. The summed E-state index contributed by atoms with van der Waals surface area (Å²) in [6, 6.07) is 20.7. The average Bonchev–Trinajstić information content (AvgIpc) is 3.13. The molecule has 0 saturated heterocycles. The number of carbonyl (C=O) groups excluding carboxylic acids is 1. The summed E-state index contributed by atoms with van der Waals surface area (Å²) in [6.07, 6.45) is 0.730. The molecule has 2 nitrogen and oxygen atoms in total. The first-order chi connectivity index (χ1) is 11.7. The smallest absolute Gasteiger partial charge is 0.192 e. The molecule has 1 heterocycles. The van der Waals surface area contributed by atoms with Crippen molar-refractivity contribution in [1.82, 2.24) is 0 Å². The highest BCUT2D eigenvalue weighted by atomic mass is 32.2. The Labute approximate surface area is 144 Å². The van der Waals surface area contributed by atoms with Crippen LogP contribution in [0.3, 0.4) is 0 Å². The number of carbonyl (C=O) groups is 1. The Bertz CT molecular complexity index is 1050. The molecule has 0 amide bonds. The van der Waals surface area contributed by atoms with Crippen LogP contribution in [-0.2, 0) is 6.42 Å². The first kappa shape index (κ1) is 13.9. The molecular formula is C21H15NOS. The van der Waals surface area contributed by atoms with Gasteiger partial charge in [0.25, 0.3) is 0 Å².